The molecule has 0 amide bonds. The first-order chi connectivity index (χ1) is 11.7. The number of anilines is 3. The molecular weight excluding hydrogens is 329 g/mol. The number of alkyl halides is 3. The number of rotatable bonds is 5. The number of allylic oxidation sites excluding steroid dienone is 1. The van der Waals surface area contributed by atoms with E-state index in [9.17, 15) is 13.2 Å². The lowest BCUT2D eigenvalue weighted by molar-refractivity contribution is -0.136. The predicted molar refractivity (Wildman–Crippen MR) is 95.0 cm³/mol. The molecule has 7 heteroatoms. The zero-order valence-corrected chi connectivity index (χ0v) is 14.6. The molecule has 0 atom stereocenters. The van der Waals surface area contributed by atoms with Gasteiger partial charge in [-0.05, 0) is 45.9 Å². The molecular formula is C18H21F3N4. The van der Waals surface area contributed by atoms with E-state index in [0.717, 1.165) is 6.07 Å². The van der Waals surface area contributed by atoms with Crippen LogP contribution in [0.2, 0.25) is 0 Å². The van der Waals surface area contributed by atoms with Crippen LogP contribution in [0.5, 0.6) is 0 Å². The van der Waals surface area contributed by atoms with Gasteiger partial charge in [0, 0.05) is 11.6 Å². The Kier molecular flexibility index (Phi) is 5.66. The van der Waals surface area contributed by atoms with Gasteiger partial charge < -0.3 is 10.6 Å². The standard InChI is InChI=1S/C18H21F3N4/c1-5-8-14-12(4)16(25-17(24-14)22-11(2)3)23-15-10-7-6-9-13(15)18(19,20)21/h5-11H,1-4H3,(H2,22,23,24,25)/b8-5-. The summed E-state index contributed by atoms with van der Waals surface area (Å²) >= 11 is 0. The van der Waals surface area contributed by atoms with Gasteiger partial charge >= 0.3 is 6.18 Å². The number of hydrogen-bond acceptors (Lipinski definition) is 4. The number of hydrogen-bond donors (Lipinski definition) is 2. The van der Waals surface area contributed by atoms with E-state index < -0.39 is 11.7 Å². The van der Waals surface area contributed by atoms with E-state index >= 15 is 0 Å². The first-order valence-electron chi connectivity index (χ1n) is 7.93. The second kappa shape index (κ2) is 7.55. The minimum atomic E-state index is -4.45. The molecule has 134 valence electrons. The fourth-order valence-corrected chi connectivity index (χ4v) is 2.27. The van der Waals surface area contributed by atoms with E-state index in [-0.39, 0.29) is 11.7 Å². The number of nitrogens with zero attached hydrogens (tertiary/aromatic N) is 2. The number of halogens is 3. The van der Waals surface area contributed by atoms with Crippen molar-refractivity contribution < 1.29 is 13.2 Å². The molecule has 0 radical (unpaired) electrons. The van der Waals surface area contributed by atoms with Gasteiger partial charge in [-0.25, -0.2) is 4.98 Å². The van der Waals surface area contributed by atoms with Crippen molar-refractivity contribution in [3.63, 3.8) is 0 Å². The molecule has 0 saturated carbocycles. The third kappa shape index (κ3) is 4.71. The molecule has 0 bridgehead atoms. The van der Waals surface area contributed by atoms with Crippen molar-refractivity contribution in [3.8, 4) is 0 Å². The van der Waals surface area contributed by atoms with Crippen LogP contribution in [0, 0.1) is 6.92 Å². The summed E-state index contributed by atoms with van der Waals surface area (Å²) in [5, 5.41) is 5.90. The van der Waals surface area contributed by atoms with Gasteiger partial charge in [-0.3, -0.25) is 0 Å². The molecule has 0 spiro atoms. The molecule has 25 heavy (non-hydrogen) atoms. The van der Waals surface area contributed by atoms with E-state index in [1.165, 1.54) is 12.1 Å². The molecule has 2 rings (SSSR count). The van der Waals surface area contributed by atoms with E-state index in [4.69, 9.17) is 0 Å². The van der Waals surface area contributed by atoms with Crippen molar-refractivity contribution in [2.24, 2.45) is 0 Å². The van der Waals surface area contributed by atoms with E-state index in [2.05, 4.69) is 20.6 Å². The van der Waals surface area contributed by atoms with Crippen molar-refractivity contribution in [3.05, 3.63) is 47.2 Å². The van der Waals surface area contributed by atoms with Crippen molar-refractivity contribution in [1.29, 1.82) is 0 Å². The topological polar surface area (TPSA) is 49.8 Å². The summed E-state index contributed by atoms with van der Waals surface area (Å²) < 4.78 is 39.6. The Balaban J connectivity index is 2.51. The van der Waals surface area contributed by atoms with Gasteiger partial charge in [-0.2, -0.15) is 18.2 Å². The Hall–Kier alpha value is -2.57. The second-order valence-corrected chi connectivity index (χ2v) is 5.87. The zero-order chi connectivity index (χ0) is 18.6. The quantitative estimate of drug-likeness (QED) is 0.758. The third-order valence-corrected chi connectivity index (χ3v) is 3.41. The van der Waals surface area contributed by atoms with Crippen LogP contribution in [-0.2, 0) is 6.18 Å². The predicted octanol–water partition coefficient (Wildman–Crippen LogP) is 5.40. The minimum Gasteiger partial charge on any atom is -0.352 e. The highest BCUT2D eigenvalue weighted by Crippen LogP contribution is 2.36. The third-order valence-electron chi connectivity index (χ3n) is 3.41. The normalized spacial score (nSPS) is 12.0. The monoisotopic (exact) mass is 350 g/mol. The molecule has 1 aromatic heterocycles. The van der Waals surface area contributed by atoms with Crippen molar-refractivity contribution in [1.82, 2.24) is 9.97 Å². The van der Waals surface area contributed by atoms with E-state index in [1.54, 1.807) is 19.1 Å². The largest absolute Gasteiger partial charge is 0.418 e. The summed E-state index contributed by atoms with van der Waals surface area (Å²) in [4.78, 5) is 8.74. The first-order valence-corrected chi connectivity index (χ1v) is 7.93. The first kappa shape index (κ1) is 18.8. The highest BCUT2D eigenvalue weighted by atomic mass is 19.4. The van der Waals surface area contributed by atoms with Gasteiger partial charge in [-0.1, -0.05) is 18.2 Å². The molecule has 1 aromatic carbocycles. The minimum absolute atomic E-state index is 0.0428. The maximum absolute atomic E-state index is 13.2. The van der Waals surface area contributed by atoms with Crippen LogP contribution in [0.3, 0.4) is 0 Å². The Morgan fingerprint density at radius 2 is 1.80 bits per heavy atom. The van der Waals surface area contributed by atoms with Gasteiger partial charge in [0.05, 0.1) is 16.9 Å². The molecule has 4 nitrogen and oxygen atoms in total. The fraction of sp³-hybridized carbons (Fsp3) is 0.333. The molecule has 2 N–H and O–H groups in total. The van der Waals surface area contributed by atoms with Gasteiger partial charge in [0.2, 0.25) is 5.95 Å². The molecule has 0 aliphatic heterocycles. The maximum Gasteiger partial charge on any atom is 0.418 e. The number of nitrogens with one attached hydrogen (secondary N) is 2. The van der Waals surface area contributed by atoms with Crippen molar-refractivity contribution >= 4 is 23.5 Å². The number of benzene rings is 1. The Labute approximate surface area is 145 Å². The summed E-state index contributed by atoms with van der Waals surface area (Å²) in [6.07, 6.45) is -0.832. The van der Waals surface area contributed by atoms with Crippen LogP contribution in [0.15, 0.2) is 30.3 Å². The Morgan fingerprint density at radius 3 is 2.40 bits per heavy atom. The molecule has 0 fully saturated rings. The van der Waals surface area contributed by atoms with Crippen LogP contribution in [0.25, 0.3) is 6.08 Å². The lowest BCUT2D eigenvalue weighted by Crippen LogP contribution is -2.15. The highest BCUT2D eigenvalue weighted by Gasteiger charge is 2.33. The average molecular weight is 350 g/mol. The summed E-state index contributed by atoms with van der Waals surface area (Å²) in [5.41, 5.74) is 0.537. The molecule has 0 saturated heterocycles. The highest BCUT2D eigenvalue weighted by molar-refractivity contribution is 5.68. The Morgan fingerprint density at radius 1 is 1.12 bits per heavy atom. The average Bonchev–Trinajstić information content (AvgIpc) is 2.51. The van der Waals surface area contributed by atoms with Crippen LogP contribution in [0.1, 0.15) is 37.6 Å². The lowest BCUT2D eigenvalue weighted by Gasteiger charge is -2.17. The molecule has 1 heterocycles. The SMILES string of the molecule is C/C=C\c1nc(NC(C)C)nc(Nc2ccccc2C(F)(F)F)c1C. The van der Waals surface area contributed by atoms with Gasteiger partial charge in [-0.15, -0.1) is 0 Å². The lowest BCUT2D eigenvalue weighted by atomic mass is 10.1. The van der Waals surface area contributed by atoms with Gasteiger partial charge in [0.15, 0.2) is 0 Å². The van der Waals surface area contributed by atoms with Gasteiger partial charge in [0.25, 0.3) is 0 Å². The number of aromatic nitrogens is 2. The second-order valence-electron chi connectivity index (χ2n) is 5.87. The Bertz CT molecular complexity index is 767. The summed E-state index contributed by atoms with van der Waals surface area (Å²) in [5.74, 6) is 0.698. The van der Waals surface area contributed by atoms with Crippen LogP contribution >= 0.6 is 0 Å². The van der Waals surface area contributed by atoms with E-state index in [0.29, 0.717) is 23.0 Å². The van der Waals surface area contributed by atoms with Crippen molar-refractivity contribution in [2.75, 3.05) is 10.6 Å². The molecule has 2 aromatic rings. The fourth-order valence-electron chi connectivity index (χ4n) is 2.27. The zero-order valence-electron chi connectivity index (χ0n) is 14.6. The summed E-state index contributed by atoms with van der Waals surface area (Å²) in [7, 11) is 0. The van der Waals surface area contributed by atoms with Crippen molar-refractivity contribution in [2.45, 2.75) is 39.9 Å². The molecule has 0 unspecified atom stereocenters. The van der Waals surface area contributed by atoms with E-state index in [1.807, 2.05) is 26.8 Å². The van der Waals surface area contributed by atoms with Crippen LogP contribution in [-0.4, -0.2) is 16.0 Å². The molecule has 0 aliphatic carbocycles. The van der Waals surface area contributed by atoms with Crippen LogP contribution < -0.4 is 10.6 Å². The number of para-hydroxylation sites is 1. The maximum atomic E-state index is 13.2. The molecule has 0 aliphatic rings. The summed E-state index contributed by atoms with van der Waals surface area (Å²) in [6, 6.07) is 5.43. The van der Waals surface area contributed by atoms with Crippen LogP contribution in [0.4, 0.5) is 30.6 Å². The van der Waals surface area contributed by atoms with Gasteiger partial charge in [0.1, 0.15) is 5.82 Å². The smallest absolute Gasteiger partial charge is 0.352 e. The summed E-state index contributed by atoms with van der Waals surface area (Å²) in [6.45, 7) is 7.49.